The van der Waals surface area contributed by atoms with E-state index in [-0.39, 0.29) is 49.9 Å². The van der Waals surface area contributed by atoms with Crippen molar-refractivity contribution in [2.75, 3.05) is 26.2 Å². The van der Waals surface area contributed by atoms with Crippen LogP contribution >= 0.6 is 0 Å². The van der Waals surface area contributed by atoms with E-state index in [2.05, 4.69) is 10.1 Å². The van der Waals surface area contributed by atoms with Crippen LogP contribution in [0.4, 0.5) is 0 Å². The van der Waals surface area contributed by atoms with Gasteiger partial charge in [0.25, 0.3) is 5.56 Å². The van der Waals surface area contributed by atoms with Crippen LogP contribution in [0, 0.1) is 0 Å². The van der Waals surface area contributed by atoms with Crippen molar-refractivity contribution in [3.63, 3.8) is 0 Å². The molecule has 1 amide bonds. The summed E-state index contributed by atoms with van der Waals surface area (Å²) in [5.41, 5.74) is 0.861. The maximum absolute atomic E-state index is 12.7. The first-order valence-corrected chi connectivity index (χ1v) is 11.1. The largest absolute Gasteiger partial charge is 0.338 e. The summed E-state index contributed by atoms with van der Waals surface area (Å²) in [5, 5.41) is 4.36. The molecule has 3 heterocycles. The Hall–Kier alpha value is -3.05. The van der Waals surface area contributed by atoms with Crippen molar-refractivity contribution in [3.8, 4) is 0 Å². The van der Waals surface area contributed by atoms with Crippen LogP contribution in [0.15, 0.2) is 47.7 Å². The lowest BCUT2D eigenvalue weighted by atomic mass is 10.2. The maximum atomic E-state index is 12.7. The lowest BCUT2D eigenvalue weighted by molar-refractivity contribution is -0.133. The Labute approximate surface area is 173 Å². The van der Waals surface area contributed by atoms with Gasteiger partial charge in [0.15, 0.2) is 5.65 Å². The fraction of sp³-hybridized carbons (Fsp3) is 0.368. The zero-order valence-corrected chi connectivity index (χ0v) is 17.3. The summed E-state index contributed by atoms with van der Waals surface area (Å²) in [6.45, 7) is 0.882. The second-order valence-corrected chi connectivity index (χ2v) is 9.17. The van der Waals surface area contributed by atoms with E-state index in [0.717, 1.165) is 5.56 Å². The predicted octanol–water partition coefficient (Wildman–Crippen LogP) is -0.196. The van der Waals surface area contributed by atoms with Crippen LogP contribution in [0.1, 0.15) is 5.56 Å². The molecule has 0 atom stereocenters. The van der Waals surface area contributed by atoms with E-state index in [4.69, 9.17) is 0 Å². The lowest BCUT2D eigenvalue weighted by Gasteiger charge is -2.34. The van der Waals surface area contributed by atoms with Crippen molar-refractivity contribution in [3.05, 3.63) is 58.8 Å². The van der Waals surface area contributed by atoms with Gasteiger partial charge in [-0.3, -0.25) is 18.8 Å². The molecule has 30 heavy (non-hydrogen) atoms. The van der Waals surface area contributed by atoms with Crippen molar-refractivity contribution < 1.29 is 13.2 Å². The van der Waals surface area contributed by atoms with Crippen LogP contribution in [0.25, 0.3) is 11.0 Å². The molecule has 2 aromatic heterocycles. The van der Waals surface area contributed by atoms with E-state index in [1.165, 1.54) is 26.1 Å². The third-order valence-corrected chi connectivity index (χ3v) is 7.05. The minimum Gasteiger partial charge on any atom is -0.338 e. The highest BCUT2D eigenvalue weighted by Gasteiger charge is 2.29. The van der Waals surface area contributed by atoms with Gasteiger partial charge in [0.05, 0.1) is 11.9 Å². The molecule has 0 radical (unpaired) electrons. The minimum absolute atomic E-state index is 0.0615. The average molecular weight is 430 g/mol. The molecule has 0 spiro atoms. The average Bonchev–Trinajstić information content (AvgIpc) is 3.12. The Bertz CT molecular complexity index is 1230. The van der Waals surface area contributed by atoms with Gasteiger partial charge in [-0.05, 0) is 5.56 Å². The highest BCUT2D eigenvalue weighted by Crippen LogP contribution is 2.14. The number of carbonyl (C=O) groups excluding carboxylic acids is 1. The second-order valence-electron chi connectivity index (χ2n) is 7.20. The zero-order chi connectivity index (χ0) is 21.3. The van der Waals surface area contributed by atoms with E-state index < -0.39 is 10.0 Å². The normalized spacial score (nSPS) is 15.6. The first kappa shape index (κ1) is 20.2. The van der Waals surface area contributed by atoms with Gasteiger partial charge in [-0.1, -0.05) is 30.3 Å². The van der Waals surface area contributed by atoms with Crippen molar-refractivity contribution in [2.45, 2.75) is 12.3 Å². The number of aryl methyl sites for hydroxylation is 1. The molecule has 0 aliphatic carbocycles. The molecule has 1 fully saturated rings. The number of sulfonamides is 1. The fourth-order valence-electron chi connectivity index (χ4n) is 3.52. The Balaban J connectivity index is 1.39. The van der Waals surface area contributed by atoms with Crippen LogP contribution in [-0.4, -0.2) is 69.0 Å². The standard InChI is InChI=1S/C19H22N6O4S/c1-22-18-16(11-21-22)19(27)24(14-20-18)12-17(26)23-7-9-25(10-8-23)30(28,29)13-15-5-3-2-4-6-15/h2-6,11,14H,7-10,12-13H2,1H3. The van der Waals surface area contributed by atoms with Gasteiger partial charge >= 0.3 is 0 Å². The molecule has 11 heteroatoms. The summed E-state index contributed by atoms with van der Waals surface area (Å²) in [6, 6.07) is 9.01. The number of hydrogen-bond acceptors (Lipinski definition) is 6. The summed E-state index contributed by atoms with van der Waals surface area (Å²) in [6.07, 6.45) is 2.77. The van der Waals surface area contributed by atoms with Crippen molar-refractivity contribution in [2.24, 2.45) is 7.05 Å². The molecule has 1 aromatic carbocycles. The number of carbonyl (C=O) groups is 1. The fourth-order valence-corrected chi connectivity index (χ4v) is 5.03. The molecule has 1 aliphatic heterocycles. The smallest absolute Gasteiger partial charge is 0.264 e. The summed E-state index contributed by atoms with van der Waals surface area (Å²) >= 11 is 0. The molecular weight excluding hydrogens is 408 g/mol. The number of benzene rings is 1. The van der Waals surface area contributed by atoms with E-state index in [0.29, 0.717) is 11.0 Å². The molecule has 0 N–H and O–H groups in total. The Morgan fingerprint density at radius 1 is 1.10 bits per heavy atom. The van der Waals surface area contributed by atoms with Crippen molar-refractivity contribution in [1.82, 2.24) is 28.5 Å². The van der Waals surface area contributed by atoms with Gasteiger partial charge in [-0.15, -0.1) is 0 Å². The number of piperazine rings is 1. The minimum atomic E-state index is -3.45. The first-order chi connectivity index (χ1) is 14.3. The topological polar surface area (TPSA) is 110 Å². The van der Waals surface area contributed by atoms with Gasteiger partial charge < -0.3 is 4.90 Å². The Kier molecular flexibility index (Phi) is 5.39. The molecule has 10 nitrogen and oxygen atoms in total. The van der Waals surface area contributed by atoms with Crippen molar-refractivity contribution >= 4 is 27.0 Å². The number of hydrogen-bond donors (Lipinski definition) is 0. The molecule has 3 aromatic rings. The molecule has 0 unspecified atom stereocenters. The first-order valence-electron chi connectivity index (χ1n) is 9.52. The van der Waals surface area contributed by atoms with E-state index in [9.17, 15) is 18.0 Å². The monoisotopic (exact) mass is 430 g/mol. The molecule has 0 saturated carbocycles. The Morgan fingerprint density at radius 2 is 1.80 bits per heavy atom. The lowest BCUT2D eigenvalue weighted by Crippen LogP contribution is -2.51. The summed E-state index contributed by atoms with van der Waals surface area (Å²) in [4.78, 5) is 31.0. The van der Waals surface area contributed by atoms with Crippen LogP contribution in [0.5, 0.6) is 0 Å². The van der Waals surface area contributed by atoms with Crippen molar-refractivity contribution in [1.29, 1.82) is 0 Å². The second kappa shape index (κ2) is 8.00. The van der Waals surface area contributed by atoms with Gasteiger partial charge in [0, 0.05) is 33.2 Å². The maximum Gasteiger partial charge on any atom is 0.264 e. The number of aromatic nitrogens is 4. The molecule has 0 bridgehead atoms. The van der Waals surface area contributed by atoms with E-state index in [1.54, 1.807) is 36.2 Å². The zero-order valence-electron chi connectivity index (χ0n) is 16.5. The SMILES string of the molecule is Cn1ncc2c(=O)n(CC(=O)N3CCN(S(=O)(=O)Cc4ccccc4)CC3)cnc21. The quantitative estimate of drug-likeness (QED) is 0.555. The molecule has 1 saturated heterocycles. The number of nitrogens with zero attached hydrogens (tertiary/aromatic N) is 6. The van der Waals surface area contributed by atoms with Crippen LogP contribution in [0.3, 0.4) is 0 Å². The van der Waals surface area contributed by atoms with Crippen LogP contribution in [0.2, 0.25) is 0 Å². The predicted molar refractivity (Wildman–Crippen MR) is 110 cm³/mol. The highest BCUT2D eigenvalue weighted by atomic mass is 32.2. The highest BCUT2D eigenvalue weighted by molar-refractivity contribution is 7.88. The molecule has 1 aliphatic rings. The summed E-state index contributed by atoms with van der Waals surface area (Å²) < 4.78 is 29.5. The van der Waals surface area contributed by atoms with Gasteiger partial charge in [-0.25, -0.2) is 13.4 Å². The molecule has 4 rings (SSSR count). The van der Waals surface area contributed by atoms with Crippen LogP contribution < -0.4 is 5.56 Å². The summed E-state index contributed by atoms with van der Waals surface area (Å²) in [5.74, 6) is -0.309. The molecular formula is C19H22N6O4S. The van der Waals surface area contributed by atoms with E-state index in [1.807, 2.05) is 6.07 Å². The number of amides is 1. The number of fused-ring (bicyclic) bond motifs is 1. The van der Waals surface area contributed by atoms with Gasteiger partial charge in [0.1, 0.15) is 18.3 Å². The summed E-state index contributed by atoms with van der Waals surface area (Å²) in [7, 11) is -1.76. The third-order valence-electron chi connectivity index (χ3n) is 5.20. The van der Waals surface area contributed by atoms with Crippen LogP contribution in [-0.2, 0) is 34.2 Å². The Morgan fingerprint density at radius 3 is 2.50 bits per heavy atom. The van der Waals surface area contributed by atoms with Gasteiger partial charge in [0.2, 0.25) is 15.9 Å². The van der Waals surface area contributed by atoms with E-state index >= 15 is 0 Å². The third kappa shape index (κ3) is 3.98. The van der Waals surface area contributed by atoms with Gasteiger partial charge in [-0.2, -0.15) is 9.40 Å². The molecule has 158 valence electrons. The number of rotatable bonds is 5.